The van der Waals surface area contributed by atoms with Crippen LogP contribution in [0.2, 0.25) is 0 Å². The van der Waals surface area contributed by atoms with Gasteiger partial charge in [0, 0.05) is 63.6 Å². The quantitative estimate of drug-likeness (QED) is 0.449. The number of aryl methyl sites for hydroxylation is 1. The number of fused-ring (bicyclic) bond motifs is 1. The third-order valence-corrected chi connectivity index (χ3v) is 9.02. The number of pyridine rings is 1. The molecule has 2 N–H and O–H groups in total. The Morgan fingerprint density at radius 2 is 1.85 bits per heavy atom. The first-order valence-electron chi connectivity index (χ1n) is 14.7. The fourth-order valence-electron chi connectivity index (χ4n) is 7.02. The van der Waals surface area contributed by atoms with Gasteiger partial charge in [0.1, 0.15) is 17.1 Å². The number of aromatic nitrogens is 3. The highest BCUT2D eigenvalue weighted by Crippen LogP contribution is 2.39. The fourth-order valence-corrected chi connectivity index (χ4v) is 7.02. The zero-order valence-electron chi connectivity index (χ0n) is 24.7. The molecule has 2 aliphatic rings. The molecule has 8 nitrogen and oxygen atoms in total. The number of nitrogens with one attached hydrogen (secondary N) is 1. The molecule has 2 saturated heterocycles. The van der Waals surface area contributed by atoms with Crippen LogP contribution in [0.4, 0.5) is 0 Å². The van der Waals surface area contributed by atoms with Gasteiger partial charge < -0.3 is 15.0 Å². The summed E-state index contributed by atoms with van der Waals surface area (Å²) in [6, 6.07) is 11.3. The standard InChI is InChI=1S/C31H47N7O/c1-7-9-28(38-19-22(2)33-23(3)20-38)30-34-27-16-24(18-32-29(27)36(30)6)21-37-14-12-31(13-15-37,35(4)5)25-10-8-11-26(39)17-25/h8,10-11,16-18,22-23,28,33,39H,7,9,12-15,19-21H2,1-6H3/t22-,23+,28?. The third-order valence-electron chi connectivity index (χ3n) is 9.02. The summed E-state index contributed by atoms with van der Waals surface area (Å²) in [6.07, 6.45) is 6.32. The van der Waals surface area contributed by atoms with Crippen molar-refractivity contribution in [2.75, 3.05) is 40.3 Å². The van der Waals surface area contributed by atoms with Gasteiger partial charge in [-0.15, -0.1) is 0 Å². The molecule has 0 aliphatic carbocycles. The van der Waals surface area contributed by atoms with Gasteiger partial charge in [0.15, 0.2) is 5.65 Å². The largest absolute Gasteiger partial charge is 0.508 e. The van der Waals surface area contributed by atoms with Crippen molar-refractivity contribution in [1.29, 1.82) is 0 Å². The molecule has 1 unspecified atom stereocenters. The lowest BCUT2D eigenvalue weighted by Gasteiger charge is -2.46. The Hall–Kier alpha value is -2.52. The highest BCUT2D eigenvalue weighted by Gasteiger charge is 2.38. The van der Waals surface area contributed by atoms with Crippen molar-refractivity contribution in [3.8, 4) is 5.75 Å². The van der Waals surface area contributed by atoms with Crippen LogP contribution in [0.1, 0.15) is 69.4 Å². The van der Waals surface area contributed by atoms with E-state index in [2.05, 4.69) is 78.6 Å². The van der Waals surface area contributed by atoms with Crippen molar-refractivity contribution in [1.82, 2.24) is 34.6 Å². The van der Waals surface area contributed by atoms with E-state index in [1.807, 2.05) is 18.3 Å². The smallest absolute Gasteiger partial charge is 0.159 e. The van der Waals surface area contributed by atoms with Crippen LogP contribution in [-0.4, -0.2) is 86.7 Å². The summed E-state index contributed by atoms with van der Waals surface area (Å²) in [5, 5.41) is 13.8. The molecule has 2 aromatic heterocycles. The normalized spacial score (nSPS) is 23.5. The lowest BCUT2D eigenvalue weighted by Crippen LogP contribution is -2.55. The van der Waals surface area contributed by atoms with E-state index in [4.69, 9.17) is 9.97 Å². The maximum absolute atomic E-state index is 10.1. The molecule has 39 heavy (non-hydrogen) atoms. The van der Waals surface area contributed by atoms with Gasteiger partial charge >= 0.3 is 0 Å². The molecular weight excluding hydrogens is 486 g/mol. The molecule has 5 rings (SSSR count). The molecule has 3 atom stereocenters. The molecule has 0 radical (unpaired) electrons. The molecule has 2 fully saturated rings. The number of imidazole rings is 1. The van der Waals surface area contributed by atoms with Crippen molar-refractivity contribution >= 4 is 11.2 Å². The Bertz CT molecular complexity index is 1250. The molecule has 0 amide bonds. The number of rotatable bonds is 8. The van der Waals surface area contributed by atoms with Gasteiger partial charge in [0.25, 0.3) is 0 Å². The van der Waals surface area contributed by atoms with Gasteiger partial charge in [-0.2, -0.15) is 0 Å². The molecule has 3 aromatic rings. The van der Waals surface area contributed by atoms with E-state index < -0.39 is 0 Å². The zero-order valence-corrected chi connectivity index (χ0v) is 24.7. The second-order valence-electron chi connectivity index (χ2n) is 12.2. The van der Waals surface area contributed by atoms with E-state index >= 15 is 0 Å². The topological polar surface area (TPSA) is 72.7 Å². The monoisotopic (exact) mass is 533 g/mol. The van der Waals surface area contributed by atoms with E-state index in [0.29, 0.717) is 23.9 Å². The van der Waals surface area contributed by atoms with E-state index in [-0.39, 0.29) is 5.54 Å². The number of hydrogen-bond donors (Lipinski definition) is 2. The van der Waals surface area contributed by atoms with Crippen LogP contribution in [0.5, 0.6) is 5.75 Å². The number of aromatic hydroxyl groups is 1. The van der Waals surface area contributed by atoms with Gasteiger partial charge in [-0.1, -0.05) is 25.5 Å². The van der Waals surface area contributed by atoms with Crippen molar-refractivity contribution in [3.63, 3.8) is 0 Å². The van der Waals surface area contributed by atoms with E-state index in [1.165, 1.54) is 11.1 Å². The first-order chi connectivity index (χ1) is 18.7. The maximum atomic E-state index is 10.1. The van der Waals surface area contributed by atoms with Gasteiger partial charge in [-0.05, 0) is 76.5 Å². The Balaban J connectivity index is 1.32. The Labute approximate surface area is 234 Å². The van der Waals surface area contributed by atoms with Crippen LogP contribution in [0.25, 0.3) is 11.2 Å². The SMILES string of the molecule is CCCC(c1nc2cc(CN3CCC(c4cccc(O)c4)(N(C)C)CC3)cnc2n1C)N1C[C@@H](C)N[C@@H](C)C1. The molecule has 212 valence electrons. The Morgan fingerprint density at radius 1 is 1.13 bits per heavy atom. The number of phenols is 1. The van der Waals surface area contributed by atoms with Crippen molar-refractivity contribution in [2.45, 2.75) is 76.7 Å². The van der Waals surface area contributed by atoms with E-state index in [1.54, 1.807) is 6.07 Å². The molecule has 4 heterocycles. The van der Waals surface area contributed by atoms with Gasteiger partial charge in [0.05, 0.1) is 6.04 Å². The maximum Gasteiger partial charge on any atom is 0.159 e. The zero-order chi connectivity index (χ0) is 27.7. The summed E-state index contributed by atoms with van der Waals surface area (Å²) in [7, 11) is 6.44. The summed E-state index contributed by atoms with van der Waals surface area (Å²) < 4.78 is 2.22. The summed E-state index contributed by atoms with van der Waals surface area (Å²) in [5.74, 6) is 1.48. The number of phenolic OH excluding ortho intramolecular Hbond substituents is 1. The predicted molar refractivity (Wildman–Crippen MR) is 158 cm³/mol. The number of piperazine rings is 1. The predicted octanol–water partition coefficient (Wildman–Crippen LogP) is 4.25. The molecule has 0 spiro atoms. The fraction of sp³-hybridized carbons (Fsp3) is 0.613. The second-order valence-corrected chi connectivity index (χ2v) is 12.2. The third kappa shape index (κ3) is 5.71. The van der Waals surface area contributed by atoms with Crippen LogP contribution in [0, 0.1) is 0 Å². The van der Waals surface area contributed by atoms with Crippen LogP contribution < -0.4 is 5.32 Å². The minimum Gasteiger partial charge on any atom is -0.508 e. The molecule has 2 aliphatic heterocycles. The van der Waals surface area contributed by atoms with Crippen molar-refractivity contribution < 1.29 is 5.11 Å². The minimum atomic E-state index is -0.0550. The number of nitrogens with zero attached hydrogens (tertiary/aromatic N) is 6. The molecular formula is C31H47N7O. The summed E-state index contributed by atoms with van der Waals surface area (Å²) in [6.45, 7) is 11.8. The number of likely N-dealkylation sites (tertiary alicyclic amines) is 1. The average Bonchev–Trinajstić information content (AvgIpc) is 3.22. The number of hydrogen-bond acceptors (Lipinski definition) is 7. The molecule has 1 aromatic carbocycles. The molecule has 0 bridgehead atoms. The Morgan fingerprint density at radius 3 is 2.49 bits per heavy atom. The number of benzene rings is 1. The van der Waals surface area contributed by atoms with E-state index in [9.17, 15) is 5.11 Å². The lowest BCUT2D eigenvalue weighted by molar-refractivity contribution is 0.0505. The highest BCUT2D eigenvalue weighted by molar-refractivity contribution is 5.72. The first kappa shape index (κ1) is 28.0. The minimum absolute atomic E-state index is 0.0550. The van der Waals surface area contributed by atoms with Gasteiger partial charge in [0.2, 0.25) is 0 Å². The van der Waals surface area contributed by atoms with Crippen LogP contribution in [0.3, 0.4) is 0 Å². The average molecular weight is 534 g/mol. The lowest BCUT2D eigenvalue weighted by atomic mass is 9.79. The van der Waals surface area contributed by atoms with Crippen LogP contribution in [-0.2, 0) is 19.1 Å². The van der Waals surface area contributed by atoms with Crippen LogP contribution in [0.15, 0.2) is 36.5 Å². The second kappa shape index (κ2) is 11.5. The Kier molecular flexibility index (Phi) is 8.29. The first-order valence-corrected chi connectivity index (χ1v) is 14.7. The van der Waals surface area contributed by atoms with Crippen LogP contribution >= 0.6 is 0 Å². The summed E-state index contributed by atoms with van der Waals surface area (Å²) in [5.41, 5.74) is 4.34. The molecule has 0 saturated carbocycles. The molecule has 8 heteroatoms. The van der Waals surface area contributed by atoms with E-state index in [0.717, 1.165) is 75.4 Å². The highest BCUT2D eigenvalue weighted by atomic mass is 16.3. The van der Waals surface area contributed by atoms with Crippen molar-refractivity contribution in [3.05, 3.63) is 53.5 Å². The van der Waals surface area contributed by atoms with Crippen molar-refractivity contribution in [2.24, 2.45) is 7.05 Å². The van der Waals surface area contributed by atoms with Gasteiger partial charge in [-0.3, -0.25) is 14.7 Å². The summed E-state index contributed by atoms with van der Waals surface area (Å²) in [4.78, 5) is 17.6. The summed E-state index contributed by atoms with van der Waals surface area (Å²) >= 11 is 0. The van der Waals surface area contributed by atoms with Gasteiger partial charge in [-0.25, -0.2) is 9.97 Å². The number of piperidine rings is 1.